The number of ether oxygens (including phenoxy) is 1. The third-order valence-electron chi connectivity index (χ3n) is 2.17. The average Bonchev–Trinajstić information content (AvgIpc) is 2.03. The zero-order valence-corrected chi connectivity index (χ0v) is 7.99. The Morgan fingerprint density at radius 2 is 2.23 bits per heavy atom. The van der Waals surface area contributed by atoms with Gasteiger partial charge in [0, 0.05) is 19.0 Å². The van der Waals surface area contributed by atoms with Crippen LogP contribution in [-0.4, -0.2) is 37.3 Å². The van der Waals surface area contributed by atoms with Crippen molar-refractivity contribution in [1.82, 2.24) is 4.90 Å². The molecule has 1 heterocycles. The fourth-order valence-electron chi connectivity index (χ4n) is 1.22. The molecule has 1 amide bonds. The summed E-state index contributed by atoms with van der Waals surface area (Å²) in [6, 6.07) is 0. The number of amides is 1. The summed E-state index contributed by atoms with van der Waals surface area (Å²) in [6.45, 7) is 3.61. The van der Waals surface area contributed by atoms with E-state index in [-0.39, 0.29) is 18.6 Å². The first-order valence-corrected chi connectivity index (χ1v) is 4.77. The molecule has 0 aromatic heterocycles. The second-order valence-electron chi connectivity index (χ2n) is 3.41. The van der Waals surface area contributed by atoms with E-state index in [2.05, 4.69) is 0 Å². The molecule has 4 nitrogen and oxygen atoms in total. The Hall–Kier alpha value is -0.770. The van der Waals surface area contributed by atoms with Crippen LogP contribution >= 0.6 is 0 Å². The van der Waals surface area contributed by atoms with Crippen LogP contribution in [0.4, 0.5) is 4.79 Å². The standard InChI is InChI=1S/C9H16NO3/c1-2-3-4-13-9(12)10-5-8(6-10)7-11/h8H,2-7H2,1H3. The molecule has 1 rings (SSSR count). The fraction of sp³-hybridized carbons (Fsp3) is 0.889. The molecule has 0 aromatic rings. The molecule has 0 bridgehead atoms. The van der Waals surface area contributed by atoms with Crippen LogP contribution in [0.2, 0.25) is 0 Å². The van der Waals surface area contributed by atoms with Crippen molar-refractivity contribution in [3.05, 3.63) is 0 Å². The molecule has 4 heteroatoms. The average molecular weight is 186 g/mol. The molecule has 1 aliphatic rings. The van der Waals surface area contributed by atoms with E-state index in [1.165, 1.54) is 0 Å². The molecular formula is C9H16NO3. The Morgan fingerprint density at radius 3 is 2.77 bits per heavy atom. The van der Waals surface area contributed by atoms with Gasteiger partial charge in [0.1, 0.15) is 0 Å². The van der Waals surface area contributed by atoms with Crippen LogP contribution in [0.25, 0.3) is 0 Å². The first kappa shape index (κ1) is 10.3. The van der Waals surface area contributed by atoms with Crippen molar-refractivity contribution in [2.24, 2.45) is 5.92 Å². The van der Waals surface area contributed by atoms with Crippen molar-refractivity contribution < 1.29 is 14.6 Å². The predicted molar refractivity (Wildman–Crippen MR) is 46.9 cm³/mol. The van der Waals surface area contributed by atoms with E-state index in [0.717, 1.165) is 12.8 Å². The molecule has 0 N–H and O–H groups in total. The van der Waals surface area contributed by atoms with Gasteiger partial charge >= 0.3 is 6.09 Å². The molecule has 13 heavy (non-hydrogen) atoms. The largest absolute Gasteiger partial charge is 0.449 e. The van der Waals surface area contributed by atoms with Gasteiger partial charge in [-0.15, -0.1) is 0 Å². The maximum atomic E-state index is 11.2. The second kappa shape index (κ2) is 5.07. The van der Waals surface area contributed by atoms with E-state index in [1.54, 1.807) is 4.90 Å². The maximum absolute atomic E-state index is 11.2. The van der Waals surface area contributed by atoms with Gasteiger partial charge in [-0.3, -0.25) is 0 Å². The van der Waals surface area contributed by atoms with Crippen LogP contribution in [0.15, 0.2) is 0 Å². The number of likely N-dealkylation sites (tertiary alicyclic amines) is 1. The summed E-state index contributed by atoms with van der Waals surface area (Å²) in [4.78, 5) is 12.7. The van der Waals surface area contributed by atoms with Crippen LogP contribution in [0.1, 0.15) is 19.8 Å². The van der Waals surface area contributed by atoms with E-state index in [1.807, 2.05) is 6.92 Å². The summed E-state index contributed by atoms with van der Waals surface area (Å²) in [7, 11) is 0. The van der Waals surface area contributed by atoms with Gasteiger partial charge < -0.3 is 9.64 Å². The summed E-state index contributed by atoms with van der Waals surface area (Å²) in [5.41, 5.74) is 0. The summed E-state index contributed by atoms with van der Waals surface area (Å²) in [6.07, 6.45) is 1.67. The minimum absolute atomic E-state index is 0.0846. The van der Waals surface area contributed by atoms with Gasteiger partial charge in [0.15, 0.2) is 0 Å². The smallest absolute Gasteiger partial charge is 0.409 e. The van der Waals surface area contributed by atoms with Crippen molar-refractivity contribution in [2.75, 3.05) is 26.3 Å². The summed E-state index contributed by atoms with van der Waals surface area (Å²) >= 11 is 0. The van der Waals surface area contributed by atoms with Crippen LogP contribution in [0.5, 0.6) is 0 Å². The first-order valence-electron chi connectivity index (χ1n) is 4.77. The maximum Gasteiger partial charge on any atom is 0.409 e. The third-order valence-corrected chi connectivity index (χ3v) is 2.17. The number of hydrogen-bond acceptors (Lipinski definition) is 2. The molecule has 0 spiro atoms. The minimum atomic E-state index is -0.266. The third kappa shape index (κ3) is 2.88. The number of carbonyl (C=O) groups is 1. The van der Waals surface area contributed by atoms with Crippen molar-refractivity contribution in [3.63, 3.8) is 0 Å². The topological polar surface area (TPSA) is 49.4 Å². The monoisotopic (exact) mass is 186 g/mol. The molecule has 0 saturated carbocycles. The zero-order chi connectivity index (χ0) is 9.68. The highest BCUT2D eigenvalue weighted by Crippen LogP contribution is 2.15. The molecular weight excluding hydrogens is 170 g/mol. The molecule has 0 aromatic carbocycles. The van der Waals surface area contributed by atoms with Crippen molar-refractivity contribution >= 4 is 6.09 Å². The second-order valence-corrected chi connectivity index (χ2v) is 3.41. The fourth-order valence-corrected chi connectivity index (χ4v) is 1.22. The van der Waals surface area contributed by atoms with E-state index in [9.17, 15) is 9.90 Å². The highest BCUT2D eigenvalue weighted by atomic mass is 16.6. The summed E-state index contributed by atoms with van der Waals surface area (Å²) in [5.74, 6) is 0.152. The molecule has 0 aliphatic carbocycles. The quantitative estimate of drug-likeness (QED) is 0.621. The lowest BCUT2D eigenvalue weighted by atomic mass is 10.0. The van der Waals surface area contributed by atoms with Crippen molar-refractivity contribution in [2.45, 2.75) is 19.8 Å². The highest BCUT2D eigenvalue weighted by molar-refractivity contribution is 5.68. The highest BCUT2D eigenvalue weighted by Gasteiger charge is 2.31. The van der Waals surface area contributed by atoms with Gasteiger partial charge in [-0.05, 0) is 6.42 Å². The van der Waals surface area contributed by atoms with Crippen LogP contribution in [0, 0.1) is 5.92 Å². The molecule has 75 valence electrons. The van der Waals surface area contributed by atoms with Gasteiger partial charge in [0.05, 0.1) is 13.2 Å². The van der Waals surface area contributed by atoms with E-state index in [0.29, 0.717) is 19.7 Å². The SMILES string of the molecule is CCCCOC(=O)N1CC(C[O])C1. The van der Waals surface area contributed by atoms with Gasteiger partial charge in [-0.1, -0.05) is 13.3 Å². The van der Waals surface area contributed by atoms with E-state index >= 15 is 0 Å². The van der Waals surface area contributed by atoms with Crippen LogP contribution < -0.4 is 0 Å². The summed E-state index contributed by atoms with van der Waals surface area (Å²) < 4.78 is 4.96. The van der Waals surface area contributed by atoms with Crippen LogP contribution in [-0.2, 0) is 9.84 Å². The number of unbranched alkanes of at least 4 members (excludes halogenated alkanes) is 1. The minimum Gasteiger partial charge on any atom is -0.449 e. The lowest BCUT2D eigenvalue weighted by molar-refractivity contribution is 0.0171. The van der Waals surface area contributed by atoms with E-state index < -0.39 is 0 Å². The van der Waals surface area contributed by atoms with Crippen molar-refractivity contribution in [3.8, 4) is 0 Å². The molecule has 0 atom stereocenters. The Morgan fingerprint density at radius 1 is 1.54 bits per heavy atom. The van der Waals surface area contributed by atoms with Gasteiger partial charge in [-0.2, -0.15) is 0 Å². The Balaban J connectivity index is 2.05. The molecule has 1 radical (unpaired) electrons. The lowest BCUT2D eigenvalue weighted by Gasteiger charge is -2.36. The Bertz CT molecular complexity index is 166. The van der Waals surface area contributed by atoms with Crippen LogP contribution in [0.3, 0.4) is 0 Å². The number of carbonyl (C=O) groups excluding carboxylic acids is 1. The zero-order valence-electron chi connectivity index (χ0n) is 7.99. The van der Waals surface area contributed by atoms with Gasteiger partial charge in [0.25, 0.3) is 0 Å². The lowest BCUT2D eigenvalue weighted by Crippen LogP contribution is -2.51. The number of nitrogens with zero attached hydrogens (tertiary/aromatic N) is 1. The van der Waals surface area contributed by atoms with Gasteiger partial charge in [-0.25, -0.2) is 9.90 Å². The molecule has 1 saturated heterocycles. The Labute approximate surface area is 78.5 Å². The molecule has 1 aliphatic heterocycles. The molecule has 0 unspecified atom stereocenters. The van der Waals surface area contributed by atoms with Gasteiger partial charge in [0.2, 0.25) is 0 Å². The van der Waals surface area contributed by atoms with Crippen molar-refractivity contribution in [1.29, 1.82) is 0 Å². The predicted octanol–water partition coefficient (Wildman–Crippen LogP) is 1.29. The summed E-state index contributed by atoms with van der Waals surface area (Å²) in [5, 5.41) is 10.4. The first-order chi connectivity index (χ1) is 6.27. The number of hydrogen-bond donors (Lipinski definition) is 0. The van der Waals surface area contributed by atoms with E-state index in [4.69, 9.17) is 4.74 Å². The molecule has 1 fully saturated rings. The number of rotatable bonds is 4. The normalized spacial score (nSPS) is 16.9. The Kier molecular flexibility index (Phi) is 4.02.